The normalized spacial score (nSPS) is 11.2. The molecule has 0 bridgehead atoms. The zero-order chi connectivity index (χ0) is 22.8. The van der Waals surface area contributed by atoms with Crippen molar-refractivity contribution in [1.82, 2.24) is 19.5 Å². The summed E-state index contributed by atoms with van der Waals surface area (Å²) in [5, 5.41) is 1.50. The van der Waals surface area contributed by atoms with Crippen molar-refractivity contribution < 1.29 is 9.15 Å². The molecule has 0 saturated heterocycles. The topological polar surface area (TPSA) is 66.0 Å². The summed E-state index contributed by atoms with van der Waals surface area (Å²) >= 11 is 8.02. The van der Waals surface area contributed by atoms with Gasteiger partial charge in [-0.2, -0.15) is 0 Å². The largest absolute Gasteiger partial charge is 0.497 e. The standard InChI is InChI=1S/C25H21ClN4O2S/c1-16-22(28-24(32-16)19-8-3-4-9-20(19)26)14-30-23-13-27-11-10-21(23)29-25(30)33-15-17-6-5-7-18(12-17)31-2/h3-13H,14-15H2,1-2H3. The highest BCUT2D eigenvalue weighted by molar-refractivity contribution is 7.98. The molecule has 0 N–H and O–H groups in total. The predicted octanol–water partition coefficient (Wildman–Crippen LogP) is 6.40. The molecule has 0 unspecified atom stereocenters. The van der Waals surface area contributed by atoms with Crippen molar-refractivity contribution in [2.45, 2.75) is 24.4 Å². The molecule has 8 heteroatoms. The van der Waals surface area contributed by atoms with Crippen LogP contribution in [0.4, 0.5) is 0 Å². The molecule has 2 aromatic carbocycles. The zero-order valence-corrected chi connectivity index (χ0v) is 19.7. The van der Waals surface area contributed by atoms with Gasteiger partial charge in [-0.15, -0.1) is 0 Å². The molecule has 0 saturated carbocycles. The van der Waals surface area contributed by atoms with Gasteiger partial charge in [0.25, 0.3) is 0 Å². The Kier molecular flexibility index (Phi) is 6.07. The third-order valence-corrected chi connectivity index (χ3v) is 6.70. The van der Waals surface area contributed by atoms with Gasteiger partial charge in [-0.25, -0.2) is 9.97 Å². The van der Waals surface area contributed by atoms with E-state index in [1.54, 1.807) is 25.1 Å². The summed E-state index contributed by atoms with van der Waals surface area (Å²) in [4.78, 5) is 13.9. The van der Waals surface area contributed by atoms with Crippen LogP contribution in [0, 0.1) is 6.92 Å². The van der Waals surface area contributed by atoms with Gasteiger partial charge in [0, 0.05) is 11.9 Å². The van der Waals surface area contributed by atoms with E-state index in [2.05, 4.69) is 15.6 Å². The molecule has 3 heterocycles. The van der Waals surface area contributed by atoms with Gasteiger partial charge in [0.15, 0.2) is 5.16 Å². The van der Waals surface area contributed by atoms with E-state index in [4.69, 9.17) is 30.7 Å². The molecule has 6 nitrogen and oxygen atoms in total. The molecule has 0 fully saturated rings. The molecule has 0 aliphatic carbocycles. The Morgan fingerprint density at radius 2 is 1.97 bits per heavy atom. The smallest absolute Gasteiger partial charge is 0.228 e. The van der Waals surface area contributed by atoms with Crippen LogP contribution in [0.2, 0.25) is 5.02 Å². The van der Waals surface area contributed by atoms with Crippen LogP contribution in [0.3, 0.4) is 0 Å². The number of hydrogen-bond donors (Lipinski definition) is 0. The monoisotopic (exact) mass is 476 g/mol. The molecule has 0 atom stereocenters. The van der Waals surface area contributed by atoms with Gasteiger partial charge in [-0.3, -0.25) is 4.98 Å². The number of oxazole rings is 1. The summed E-state index contributed by atoms with van der Waals surface area (Å²) in [5.74, 6) is 2.87. The number of fused-ring (bicyclic) bond motifs is 1. The number of ether oxygens (including phenoxy) is 1. The number of aromatic nitrogens is 4. The number of halogens is 1. The number of hydrogen-bond acceptors (Lipinski definition) is 6. The van der Waals surface area contributed by atoms with Crippen molar-refractivity contribution in [3.05, 3.63) is 89.0 Å². The highest BCUT2D eigenvalue weighted by Crippen LogP contribution is 2.31. The van der Waals surface area contributed by atoms with Gasteiger partial charge in [-0.1, -0.05) is 47.6 Å². The fourth-order valence-corrected chi connectivity index (χ4v) is 4.77. The number of methoxy groups -OCH3 is 1. The maximum Gasteiger partial charge on any atom is 0.228 e. The second-order valence-corrected chi connectivity index (χ2v) is 8.84. The Bertz CT molecular complexity index is 1430. The van der Waals surface area contributed by atoms with E-state index in [0.717, 1.165) is 50.3 Å². The quantitative estimate of drug-likeness (QED) is 0.253. The molecule has 5 rings (SSSR count). The Morgan fingerprint density at radius 1 is 1.09 bits per heavy atom. The maximum atomic E-state index is 6.35. The fraction of sp³-hybridized carbons (Fsp3) is 0.160. The molecular formula is C25H21ClN4O2S. The third-order valence-electron chi connectivity index (χ3n) is 5.32. The summed E-state index contributed by atoms with van der Waals surface area (Å²) in [5.41, 5.74) is 4.61. The summed E-state index contributed by atoms with van der Waals surface area (Å²) < 4.78 is 13.5. The minimum absolute atomic E-state index is 0.515. The van der Waals surface area contributed by atoms with Crippen LogP contribution in [0.5, 0.6) is 5.75 Å². The zero-order valence-electron chi connectivity index (χ0n) is 18.2. The lowest BCUT2D eigenvalue weighted by molar-refractivity contribution is 0.414. The second kappa shape index (κ2) is 9.29. The summed E-state index contributed by atoms with van der Waals surface area (Å²) in [6.07, 6.45) is 3.59. The van der Waals surface area contributed by atoms with Crippen LogP contribution < -0.4 is 4.74 Å². The Morgan fingerprint density at radius 3 is 2.82 bits per heavy atom. The van der Waals surface area contributed by atoms with Gasteiger partial charge < -0.3 is 13.7 Å². The molecule has 166 valence electrons. The lowest BCUT2D eigenvalue weighted by Gasteiger charge is -2.08. The second-order valence-electron chi connectivity index (χ2n) is 7.49. The van der Waals surface area contributed by atoms with E-state index in [-0.39, 0.29) is 0 Å². The van der Waals surface area contributed by atoms with Crippen LogP contribution in [0.25, 0.3) is 22.5 Å². The first kappa shape index (κ1) is 21.6. The SMILES string of the molecule is COc1cccc(CSc2nc3ccncc3n2Cc2nc(-c3ccccc3Cl)oc2C)c1. The molecule has 0 aliphatic heterocycles. The molecule has 0 radical (unpaired) electrons. The van der Waals surface area contributed by atoms with E-state index in [1.165, 1.54) is 0 Å². The van der Waals surface area contributed by atoms with Crippen LogP contribution in [-0.2, 0) is 12.3 Å². The summed E-state index contributed by atoms with van der Waals surface area (Å²) in [6.45, 7) is 2.44. The first-order valence-corrected chi connectivity index (χ1v) is 11.8. The van der Waals surface area contributed by atoms with E-state index >= 15 is 0 Å². The Labute approximate surface area is 200 Å². The first-order chi connectivity index (χ1) is 16.1. The van der Waals surface area contributed by atoms with Crippen molar-refractivity contribution in [3.63, 3.8) is 0 Å². The predicted molar refractivity (Wildman–Crippen MR) is 131 cm³/mol. The summed E-state index contributed by atoms with van der Waals surface area (Å²) in [7, 11) is 1.68. The Hall–Kier alpha value is -3.29. The average molecular weight is 477 g/mol. The van der Waals surface area contributed by atoms with Gasteiger partial charge in [-0.05, 0) is 42.8 Å². The number of benzene rings is 2. The molecule has 0 amide bonds. The van der Waals surface area contributed by atoms with Crippen molar-refractivity contribution in [2.24, 2.45) is 0 Å². The van der Waals surface area contributed by atoms with Gasteiger partial charge in [0.05, 0.1) is 41.5 Å². The summed E-state index contributed by atoms with van der Waals surface area (Å²) in [6, 6.07) is 17.5. The molecule has 3 aromatic heterocycles. The number of thioether (sulfide) groups is 1. The van der Waals surface area contributed by atoms with Gasteiger partial charge in [0.2, 0.25) is 5.89 Å². The van der Waals surface area contributed by atoms with Crippen molar-refractivity contribution in [2.75, 3.05) is 7.11 Å². The van der Waals surface area contributed by atoms with E-state index in [1.807, 2.05) is 61.7 Å². The van der Waals surface area contributed by atoms with E-state index in [9.17, 15) is 0 Å². The van der Waals surface area contributed by atoms with Crippen molar-refractivity contribution in [3.8, 4) is 17.2 Å². The van der Waals surface area contributed by atoms with Crippen molar-refractivity contribution >= 4 is 34.4 Å². The van der Waals surface area contributed by atoms with Crippen LogP contribution in [0.1, 0.15) is 17.0 Å². The minimum atomic E-state index is 0.515. The number of aryl methyl sites for hydroxylation is 1. The van der Waals surface area contributed by atoms with E-state index in [0.29, 0.717) is 17.5 Å². The highest BCUT2D eigenvalue weighted by Gasteiger charge is 2.18. The van der Waals surface area contributed by atoms with Crippen LogP contribution in [-0.4, -0.2) is 26.6 Å². The third kappa shape index (κ3) is 4.47. The number of nitrogens with zero attached hydrogens (tertiary/aromatic N) is 4. The highest BCUT2D eigenvalue weighted by atomic mass is 35.5. The fourth-order valence-electron chi connectivity index (χ4n) is 3.60. The van der Waals surface area contributed by atoms with Crippen LogP contribution >= 0.6 is 23.4 Å². The number of pyridine rings is 1. The lowest BCUT2D eigenvalue weighted by atomic mass is 10.2. The molecular weight excluding hydrogens is 456 g/mol. The number of rotatable bonds is 7. The minimum Gasteiger partial charge on any atom is -0.497 e. The van der Waals surface area contributed by atoms with Gasteiger partial charge in [0.1, 0.15) is 17.2 Å². The van der Waals surface area contributed by atoms with Crippen molar-refractivity contribution in [1.29, 1.82) is 0 Å². The molecule has 0 aliphatic rings. The lowest BCUT2D eigenvalue weighted by Crippen LogP contribution is -2.03. The Balaban J connectivity index is 1.47. The number of imidazole rings is 1. The molecule has 5 aromatic rings. The van der Waals surface area contributed by atoms with Crippen LogP contribution in [0.15, 0.2) is 76.6 Å². The van der Waals surface area contributed by atoms with Gasteiger partial charge >= 0.3 is 0 Å². The molecule has 0 spiro atoms. The van der Waals surface area contributed by atoms with E-state index < -0.39 is 0 Å². The molecule has 33 heavy (non-hydrogen) atoms. The maximum absolute atomic E-state index is 6.35. The first-order valence-electron chi connectivity index (χ1n) is 10.4. The average Bonchev–Trinajstić information content (AvgIpc) is 3.38.